The van der Waals surface area contributed by atoms with Crippen molar-refractivity contribution < 1.29 is 19.3 Å². The molecule has 0 bridgehead atoms. The fourth-order valence-corrected chi connectivity index (χ4v) is 3.24. The number of hydroxylamine groups is 2. The first-order valence-corrected chi connectivity index (χ1v) is 11.5. The predicted octanol–water partition coefficient (Wildman–Crippen LogP) is 5.01. The van der Waals surface area contributed by atoms with Crippen molar-refractivity contribution in [2.75, 3.05) is 20.8 Å². The molecule has 0 heterocycles. The molecule has 4 N–H and O–H groups in total. The number of rotatable bonds is 4. The van der Waals surface area contributed by atoms with Crippen LogP contribution in [-0.2, 0) is 19.3 Å². The molecule has 4 aromatic carbocycles. The van der Waals surface area contributed by atoms with E-state index in [2.05, 4.69) is 10.6 Å². The SMILES string of the molecule is N=C(Nc1ccccc1)N(OC(=O)C(=O)ON(C(=N)Nc1ccccc1)c1ccccc1)c1ccccc1. The van der Waals surface area contributed by atoms with Gasteiger partial charge in [-0.25, -0.2) is 9.59 Å². The third kappa shape index (κ3) is 6.73. The summed E-state index contributed by atoms with van der Waals surface area (Å²) in [5.74, 6) is -3.44. The van der Waals surface area contributed by atoms with E-state index in [4.69, 9.17) is 20.5 Å². The summed E-state index contributed by atoms with van der Waals surface area (Å²) in [4.78, 5) is 36.3. The van der Waals surface area contributed by atoms with Gasteiger partial charge in [0.25, 0.3) is 0 Å². The van der Waals surface area contributed by atoms with Crippen LogP contribution in [0.3, 0.4) is 0 Å². The van der Waals surface area contributed by atoms with Gasteiger partial charge in [0.05, 0.1) is 11.4 Å². The van der Waals surface area contributed by atoms with E-state index in [-0.39, 0.29) is 11.9 Å². The maximum atomic E-state index is 12.9. The predicted molar refractivity (Wildman–Crippen MR) is 146 cm³/mol. The lowest BCUT2D eigenvalue weighted by Crippen LogP contribution is -2.43. The second kappa shape index (κ2) is 12.4. The van der Waals surface area contributed by atoms with Crippen LogP contribution in [0.5, 0.6) is 0 Å². The molecule has 0 aliphatic heterocycles. The first kappa shape index (κ1) is 25.5. The average molecular weight is 509 g/mol. The van der Waals surface area contributed by atoms with Crippen molar-refractivity contribution in [3.05, 3.63) is 121 Å². The molecule has 0 atom stereocenters. The average Bonchev–Trinajstić information content (AvgIpc) is 2.96. The maximum Gasteiger partial charge on any atom is 0.444 e. The smallest absolute Gasteiger partial charge is 0.324 e. The topological polar surface area (TPSA) is 131 Å². The van der Waals surface area contributed by atoms with E-state index in [0.717, 1.165) is 10.1 Å². The van der Waals surface area contributed by atoms with Gasteiger partial charge < -0.3 is 20.3 Å². The Balaban J connectivity index is 1.51. The normalized spacial score (nSPS) is 10.0. The highest BCUT2D eigenvalue weighted by Crippen LogP contribution is 2.19. The van der Waals surface area contributed by atoms with Crippen molar-refractivity contribution in [2.45, 2.75) is 0 Å². The van der Waals surface area contributed by atoms with E-state index in [1.54, 1.807) is 109 Å². The molecule has 0 aliphatic rings. The quantitative estimate of drug-likeness (QED) is 0.131. The standard InChI is InChI=1S/C28H24N6O4/c29-27(31-21-13-5-1-6-14-21)33(23-17-9-3-10-18-23)37-25(35)26(36)38-34(24-19-11-4-12-20-24)28(30)32-22-15-7-2-8-16-22/h1-20H,(H2,29,31)(H2,30,32). The van der Waals surface area contributed by atoms with Gasteiger partial charge in [-0.2, -0.15) is 0 Å². The molecule has 0 saturated heterocycles. The largest absolute Gasteiger partial charge is 0.444 e. The number of nitrogens with zero attached hydrogens (tertiary/aromatic N) is 2. The Bertz CT molecular complexity index is 1280. The lowest BCUT2D eigenvalue weighted by Gasteiger charge is -2.25. The van der Waals surface area contributed by atoms with E-state index < -0.39 is 11.9 Å². The molecule has 0 unspecified atom stereocenters. The highest BCUT2D eigenvalue weighted by Gasteiger charge is 2.29. The second-order valence-electron chi connectivity index (χ2n) is 7.70. The monoisotopic (exact) mass is 508 g/mol. The van der Waals surface area contributed by atoms with Crippen LogP contribution in [-0.4, -0.2) is 23.9 Å². The lowest BCUT2D eigenvalue weighted by atomic mass is 10.3. The fraction of sp³-hybridized carbons (Fsp3) is 0. The zero-order valence-electron chi connectivity index (χ0n) is 20.1. The number of anilines is 4. The third-order valence-corrected chi connectivity index (χ3v) is 4.98. The molecule has 0 radical (unpaired) electrons. The highest BCUT2D eigenvalue weighted by molar-refractivity contribution is 6.31. The van der Waals surface area contributed by atoms with E-state index in [1.165, 1.54) is 0 Å². The van der Waals surface area contributed by atoms with Gasteiger partial charge in [0.15, 0.2) is 0 Å². The molecule has 0 aliphatic carbocycles. The van der Waals surface area contributed by atoms with Crippen LogP contribution in [0.2, 0.25) is 0 Å². The van der Waals surface area contributed by atoms with Crippen LogP contribution >= 0.6 is 0 Å². The summed E-state index contributed by atoms with van der Waals surface area (Å²) >= 11 is 0. The molecule has 190 valence electrons. The summed E-state index contributed by atoms with van der Waals surface area (Å²) in [6, 6.07) is 34.4. The number of guanidine groups is 2. The summed E-state index contributed by atoms with van der Waals surface area (Å²) in [7, 11) is 0. The van der Waals surface area contributed by atoms with Gasteiger partial charge in [-0.15, -0.1) is 10.1 Å². The molecule has 10 nitrogen and oxygen atoms in total. The number of carbonyl (C=O) groups is 2. The number of hydrogen-bond donors (Lipinski definition) is 4. The zero-order chi connectivity index (χ0) is 26.7. The van der Waals surface area contributed by atoms with Crippen molar-refractivity contribution in [3.63, 3.8) is 0 Å². The van der Waals surface area contributed by atoms with Crippen molar-refractivity contribution >= 4 is 46.6 Å². The van der Waals surface area contributed by atoms with Gasteiger partial charge in [-0.3, -0.25) is 10.8 Å². The van der Waals surface area contributed by atoms with Crippen LogP contribution < -0.4 is 20.8 Å². The third-order valence-electron chi connectivity index (χ3n) is 4.98. The van der Waals surface area contributed by atoms with E-state index in [9.17, 15) is 9.59 Å². The first-order valence-electron chi connectivity index (χ1n) is 11.5. The summed E-state index contributed by atoms with van der Waals surface area (Å²) in [6.45, 7) is 0. The van der Waals surface area contributed by atoms with Crippen LogP contribution in [0.4, 0.5) is 22.7 Å². The van der Waals surface area contributed by atoms with Gasteiger partial charge >= 0.3 is 11.9 Å². The molecule has 4 aromatic rings. The minimum atomic E-state index is -1.40. The van der Waals surface area contributed by atoms with Crippen molar-refractivity contribution in [1.29, 1.82) is 10.8 Å². The van der Waals surface area contributed by atoms with Gasteiger partial charge in [-0.1, -0.05) is 72.8 Å². The molecule has 0 aromatic heterocycles. The summed E-state index contributed by atoms with van der Waals surface area (Å²) < 4.78 is 0. The maximum absolute atomic E-state index is 12.9. The number of benzene rings is 4. The Kier molecular flexibility index (Phi) is 8.28. The molecular formula is C28H24N6O4. The van der Waals surface area contributed by atoms with Crippen LogP contribution in [0.15, 0.2) is 121 Å². The molecule has 0 saturated carbocycles. The van der Waals surface area contributed by atoms with Gasteiger partial charge in [-0.05, 0) is 48.5 Å². The van der Waals surface area contributed by atoms with Crippen molar-refractivity contribution in [1.82, 2.24) is 0 Å². The number of para-hydroxylation sites is 4. The van der Waals surface area contributed by atoms with Crippen LogP contribution in [0.1, 0.15) is 0 Å². The Labute approximate surface area is 219 Å². The van der Waals surface area contributed by atoms with Gasteiger partial charge in [0, 0.05) is 11.4 Å². The lowest BCUT2D eigenvalue weighted by molar-refractivity contribution is -0.167. The Morgan fingerprint density at radius 1 is 0.500 bits per heavy atom. The molecule has 0 spiro atoms. The number of carbonyl (C=O) groups excluding carboxylic acids is 2. The summed E-state index contributed by atoms with van der Waals surface area (Å²) in [5.41, 5.74) is 1.79. The second-order valence-corrected chi connectivity index (χ2v) is 7.70. The number of nitrogens with one attached hydrogen (secondary N) is 4. The minimum absolute atomic E-state index is 0.318. The highest BCUT2D eigenvalue weighted by atomic mass is 16.8. The first-order chi connectivity index (χ1) is 18.5. The minimum Gasteiger partial charge on any atom is -0.324 e. The molecule has 38 heavy (non-hydrogen) atoms. The van der Waals surface area contributed by atoms with E-state index in [1.807, 2.05) is 12.1 Å². The van der Waals surface area contributed by atoms with Crippen LogP contribution in [0.25, 0.3) is 0 Å². The molecule has 0 fully saturated rings. The molecule has 4 rings (SSSR count). The van der Waals surface area contributed by atoms with E-state index in [0.29, 0.717) is 22.7 Å². The Hall–Kier alpha value is -5.64. The molecule has 0 amide bonds. The molecule has 10 heteroatoms. The Morgan fingerprint density at radius 3 is 1.11 bits per heavy atom. The number of hydrogen-bond acceptors (Lipinski definition) is 6. The van der Waals surface area contributed by atoms with E-state index >= 15 is 0 Å². The van der Waals surface area contributed by atoms with Crippen molar-refractivity contribution in [3.8, 4) is 0 Å². The molecular weight excluding hydrogens is 484 g/mol. The Morgan fingerprint density at radius 2 is 0.789 bits per heavy atom. The van der Waals surface area contributed by atoms with Gasteiger partial charge in [0.1, 0.15) is 0 Å². The fourth-order valence-electron chi connectivity index (χ4n) is 3.24. The zero-order valence-corrected chi connectivity index (χ0v) is 20.1. The van der Waals surface area contributed by atoms with Gasteiger partial charge in [0.2, 0.25) is 11.9 Å². The summed E-state index contributed by atoms with van der Waals surface area (Å²) in [5, 5.41) is 24.3. The summed E-state index contributed by atoms with van der Waals surface area (Å²) in [6.07, 6.45) is 0. The van der Waals surface area contributed by atoms with Crippen molar-refractivity contribution in [2.24, 2.45) is 0 Å². The van der Waals surface area contributed by atoms with Crippen LogP contribution in [0, 0.1) is 10.8 Å².